The van der Waals surface area contributed by atoms with Gasteiger partial charge in [0.2, 0.25) is 5.91 Å². The lowest BCUT2D eigenvalue weighted by atomic mass is 10.1. The molecule has 0 spiro atoms. The van der Waals surface area contributed by atoms with Gasteiger partial charge in [-0.05, 0) is 33.1 Å². The summed E-state index contributed by atoms with van der Waals surface area (Å²) in [4.78, 5) is 30.5. The third-order valence-corrected chi connectivity index (χ3v) is 6.80. The van der Waals surface area contributed by atoms with Gasteiger partial charge in [0.15, 0.2) is 10.0 Å². The lowest BCUT2D eigenvalue weighted by Crippen LogP contribution is -2.33. The number of nitrogens with zero attached hydrogens (tertiary/aromatic N) is 2. The summed E-state index contributed by atoms with van der Waals surface area (Å²) in [5.41, 5.74) is 0.364. The fraction of sp³-hybridized carbons (Fsp3) is 0.682. The number of hydrogen-bond donors (Lipinski definition) is 0. The molecule has 1 aromatic heterocycles. The van der Waals surface area contributed by atoms with Crippen molar-refractivity contribution < 1.29 is 14.3 Å². The highest BCUT2D eigenvalue weighted by atomic mass is 32.2. The molecule has 2 heterocycles. The SMILES string of the molecule is CCCCCCC/C=C/[C@H]1CCC(=O)N1CCSc1nc(C(=O)OC(C)C)cs1. The summed E-state index contributed by atoms with van der Waals surface area (Å²) < 4.78 is 6.01. The molecular formula is C22H34N2O3S2. The first kappa shape index (κ1) is 23.9. The summed E-state index contributed by atoms with van der Waals surface area (Å²) in [5.74, 6) is 0.639. The zero-order chi connectivity index (χ0) is 21.1. The number of esters is 1. The van der Waals surface area contributed by atoms with Crippen LogP contribution >= 0.6 is 23.1 Å². The molecule has 1 amide bonds. The topological polar surface area (TPSA) is 59.5 Å². The molecule has 2 rings (SSSR count). The number of rotatable bonds is 13. The molecule has 0 radical (unpaired) electrons. The molecule has 0 aliphatic carbocycles. The number of carbonyl (C=O) groups excluding carboxylic acids is 2. The molecule has 29 heavy (non-hydrogen) atoms. The average molecular weight is 439 g/mol. The number of aromatic nitrogens is 1. The van der Waals surface area contributed by atoms with Gasteiger partial charge < -0.3 is 9.64 Å². The Hall–Kier alpha value is -1.34. The number of thioether (sulfide) groups is 1. The summed E-state index contributed by atoms with van der Waals surface area (Å²) >= 11 is 3.04. The van der Waals surface area contributed by atoms with Crippen LogP contribution in [0.2, 0.25) is 0 Å². The van der Waals surface area contributed by atoms with E-state index in [1.54, 1.807) is 17.1 Å². The first-order valence-electron chi connectivity index (χ1n) is 10.8. The van der Waals surface area contributed by atoms with Crippen LogP contribution in [-0.4, -0.2) is 46.2 Å². The summed E-state index contributed by atoms with van der Waals surface area (Å²) in [5, 5.41) is 1.74. The maximum absolute atomic E-state index is 12.2. The molecular weight excluding hydrogens is 404 g/mol. The van der Waals surface area contributed by atoms with Crippen molar-refractivity contribution in [3.8, 4) is 0 Å². The summed E-state index contributed by atoms with van der Waals surface area (Å²) in [6, 6.07) is 0.228. The van der Waals surface area contributed by atoms with Crippen LogP contribution in [0.3, 0.4) is 0 Å². The van der Waals surface area contributed by atoms with E-state index in [0.717, 1.165) is 22.9 Å². The zero-order valence-corrected chi connectivity index (χ0v) is 19.5. The van der Waals surface area contributed by atoms with Crippen LogP contribution in [-0.2, 0) is 9.53 Å². The van der Waals surface area contributed by atoms with Crippen molar-refractivity contribution in [2.45, 2.75) is 88.6 Å². The standard InChI is InChI=1S/C22H34N2O3S2/c1-4-5-6-7-8-9-10-11-18-12-13-20(25)24(18)14-15-28-22-23-19(16-29-22)21(26)27-17(2)3/h10-11,16-18H,4-9,12-15H2,1-3H3/b11-10+/t18-/m0/s1. The van der Waals surface area contributed by atoms with Crippen molar-refractivity contribution >= 4 is 35.0 Å². The summed E-state index contributed by atoms with van der Waals surface area (Å²) in [7, 11) is 0. The molecule has 1 fully saturated rings. The maximum Gasteiger partial charge on any atom is 0.358 e. The highest BCUT2D eigenvalue weighted by molar-refractivity contribution is 8.01. The Morgan fingerprint density at radius 1 is 1.38 bits per heavy atom. The number of amides is 1. The van der Waals surface area contributed by atoms with Gasteiger partial charge in [0.05, 0.1) is 12.1 Å². The normalized spacial score (nSPS) is 17.0. The summed E-state index contributed by atoms with van der Waals surface area (Å²) in [6.07, 6.45) is 13.4. The molecule has 5 nitrogen and oxygen atoms in total. The first-order chi connectivity index (χ1) is 14.0. The number of thiazole rings is 1. The van der Waals surface area contributed by atoms with E-state index in [0.29, 0.717) is 18.7 Å². The molecule has 1 atom stereocenters. The third kappa shape index (κ3) is 8.51. The molecule has 0 N–H and O–H groups in total. The molecule has 0 aromatic carbocycles. The van der Waals surface area contributed by atoms with Crippen LogP contribution in [0.1, 0.15) is 82.6 Å². The molecule has 1 aliphatic rings. The fourth-order valence-corrected chi connectivity index (χ4v) is 5.09. The van der Waals surface area contributed by atoms with Gasteiger partial charge in [0.1, 0.15) is 0 Å². The van der Waals surface area contributed by atoms with Gasteiger partial charge >= 0.3 is 5.97 Å². The molecule has 7 heteroatoms. The minimum atomic E-state index is -0.377. The van der Waals surface area contributed by atoms with Crippen LogP contribution in [0.4, 0.5) is 0 Å². The van der Waals surface area contributed by atoms with Crippen LogP contribution in [0.25, 0.3) is 0 Å². The van der Waals surface area contributed by atoms with Crippen LogP contribution in [0.15, 0.2) is 21.9 Å². The minimum Gasteiger partial charge on any atom is -0.458 e. The molecule has 0 saturated carbocycles. The smallest absolute Gasteiger partial charge is 0.358 e. The van der Waals surface area contributed by atoms with E-state index in [9.17, 15) is 9.59 Å². The van der Waals surface area contributed by atoms with E-state index < -0.39 is 0 Å². The molecule has 1 aliphatic heterocycles. The predicted octanol–water partition coefficient (Wildman–Crippen LogP) is 5.71. The van der Waals surface area contributed by atoms with Crippen molar-refractivity contribution in [1.82, 2.24) is 9.88 Å². The molecule has 0 bridgehead atoms. The molecule has 1 aromatic rings. The van der Waals surface area contributed by atoms with Crippen molar-refractivity contribution in [2.24, 2.45) is 0 Å². The summed E-state index contributed by atoms with van der Waals surface area (Å²) in [6.45, 7) is 6.59. The second kappa shape index (κ2) is 13.1. The van der Waals surface area contributed by atoms with Gasteiger partial charge in [0, 0.05) is 24.1 Å². The molecule has 162 valence electrons. The van der Waals surface area contributed by atoms with Gasteiger partial charge in [-0.2, -0.15) is 0 Å². The Kier molecular flexibility index (Phi) is 10.8. The van der Waals surface area contributed by atoms with E-state index in [1.165, 1.54) is 43.4 Å². The number of hydrogen-bond acceptors (Lipinski definition) is 6. The van der Waals surface area contributed by atoms with Crippen LogP contribution < -0.4 is 0 Å². The number of carbonyl (C=O) groups is 2. The molecule has 0 unspecified atom stereocenters. The highest BCUT2D eigenvalue weighted by Crippen LogP contribution is 2.26. The largest absolute Gasteiger partial charge is 0.458 e. The number of allylic oxidation sites excluding steroid dienone is 1. The quantitative estimate of drug-likeness (QED) is 0.171. The second-order valence-corrected chi connectivity index (χ2v) is 9.83. The Morgan fingerprint density at radius 2 is 2.17 bits per heavy atom. The van der Waals surface area contributed by atoms with Gasteiger partial charge in [0.25, 0.3) is 0 Å². The predicted molar refractivity (Wildman–Crippen MR) is 121 cm³/mol. The van der Waals surface area contributed by atoms with E-state index in [2.05, 4.69) is 24.1 Å². The highest BCUT2D eigenvalue weighted by Gasteiger charge is 2.28. The van der Waals surface area contributed by atoms with Gasteiger partial charge in [-0.3, -0.25) is 4.79 Å². The number of unbranched alkanes of at least 4 members (excludes halogenated alkanes) is 5. The van der Waals surface area contributed by atoms with E-state index in [4.69, 9.17) is 4.74 Å². The number of ether oxygens (including phenoxy) is 1. The van der Waals surface area contributed by atoms with E-state index in [-0.39, 0.29) is 24.0 Å². The Morgan fingerprint density at radius 3 is 2.93 bits per heavy atom. The van der Waals surface area contributed by atoms with E-state index in [1.807, 2.05) is 18.7 Å². The molecule has 1 saturated heterocycles. The van der Waals surface area contributed by atoms with Gasteiger partial charge in [-0.25, -0.2) is 9.78 Å². The monoisotopic (exact) mass is 438 g/mol. The minimum absolute atomic E-state index is 0.150. The van der Waals surface area contributed by atoms with Gasteiger partial charge in [-0.15, -0.1) is 11.3 Å². The Labute approximate surface area is 183 Å². The lowest BCUT2D eigenvalue weighted by molar-refractivity contribution is -0.128. The van der Waals surface area contributed by atoms with Crippen LogP contribution in [0, 0.1) is 0 Å². The van der Waals surface area contributed by atoms with E-state index >= 15 is 0 Å². The Bertz CT molecular complexity index is 673. The number of likely N-dealkylation sites (tertiary alicyclic amines) is 1. The first-order valence-corrected chi connectivity index (χ1v) is 12.6. The lowest BCUT2D eigenvalue weighted by Gasteiger charge is -2.22. The van der Waals surface area contributed by atoms with Gasteiger partial charge in [-0.1, -0.05) is 56.5 Å². The maximum atomic E-state index is 12.2. The van der Waals surface area contributed by atoms with Crippen LogP contribution in [0.5, 0.6) is 0 Å². The van der Waals surface area contributed by atoms with Crippen molar-refractivity contribution in [1.29, 1.82) is 0 Å². The third-order valence-electron chi connectivity index (χ3n) is 4.80. The average Bonchev–Trinajstić information content (AvgIpc) is 3.28. The second-order valence-electron chi connectivity index (χ2n) is 7.63. The zero-order valence-electron chi connectivity index (χ0n) is 17.9. The van der Waals surface area contributed by atoms with Crippen molar-refractivity contribution in [3.05, 3.63) is 23.2 Å². The van der Waals surface area contributed by atoms with Crippen molar-refractivity contribution in [3.63, 3.8) is 0 Å². The Balaban J connectivity index is 1.73. The fourth-order valence-electron chi connectivity index (χ4n) is 3.29. The van der Waals surface area contributed by atoms with Crippen molar-refractivity contribution in [2.75, 3.05) is 12.3 Å².